The van der Waals surface area contributed by atoms with Crippen LogP contribution in [0.3, 0.4) is 0 Å². The molecule has 0 saturated carbocycles. The molecule has 5 heteroatoms. The van der Waals surface area contributed by atoms with Crippen LogP contribution in [-0.2, 0) is 6.54 Å². The summed E-state index contributed by atoms with van der Waals surface area (Å²) in [6.07, 6.45) is 2.73. The van der Waals surface area contributed by atoms with Crippen LogP contribution >= 0.6 is 43.6 Å². The van der Waals surface area contributed by atoms with E-state index in [1.807, 2.05) is 6.92 Å². The molecule has 0 bridgehead atoms. The first-order valence-corrected chi connectivity index (χ1v) is 9.27. The van der Waals surface area contributed by atoms with Crippen LogP contribution in [0.2, 0.25) is 0 Å². The summed E-state index contributed by atoms with van der Waals surface area (Å²) in [4.78, 5) is 0. The number of hydrogen-bond acceptors (Lipinski definition) is 3. The van der Waals surface area contributed by atoms with Gasteiger partial charge < -0.3 is 10.1 Å². The molecule has 0 aliphatic carbocycles. The minimum absolute atomic E-state index is 0.674. The molecule has 1 N–H and O–H groups in total. The van der Waals surface area contributed by atoms with Gasteiger partial charge in [-0.25, -0.2) is 0 Å². The fraction of sp³-hybridized carbons (Fsp3) is 0.571. The Morgan fingerprint density at radius 1 is 1.37 bits per heavy atom. The number of thioether (sulfide) groups is 1. The molecule has 1 aromatic rings. The van der Waals surface area contributed by atoms with Crippen LogP contribution in [-0.4, -0.2) is 24.2 Å². The zero-order valence-electron chi connectivity index (χ0n) is 11.0. The van der Waals surface area contributed by atoms with Crippen molar-refractivity contribution in [3.8, 4) is 5.75 Å². The molecular weight excluding hydrogens is 390 g/mol. The molecule has 1 aliphatic rings. The largest absolute Gasteiger partial charge is 0.492 e. The van der Waals surface area contributed by atoms with Gasteiger partial charge in [0.15, 0.2) is 0 Å². The minimum atomic E-state index is 0.674. The normalized spacial score (nSPS) is 18.8. The van der Waals surface area contributed by atoms with E-state index >= 15 is 0 Å². The average molecular weight is 409 g/mol. The molecule has 0 spiro atoms. The predicted molar refractivity (Wildman–Crippen MR) is 90.2 cm³/mol. The van der Waals surface area contributed by atoms with Crippen LogP contribution in [0.15, 0.2) is 21.1 Å². The van der Waals surface area contributed by atoms with Crippen LogP contribution in [0.5, 0.6) is 5.75 Å². The van der Waals surface area contributed by atoms with Gasteiger partial charge in [0.2, 0.25) is 0 Å². The number of ether oxygens (including phenoxy) is 1. The van der Waals surface area contributed by atoms with Gasteiger partial charge in [-0.2, -0.15) is 11.8 Å². The summed E-state index contributed by atoms with van der Waals surface area (Å²) in [5, 5.41) is 4.35. The van der Waals surface area contributed by atoms with E-state index in [1.165, 1.54) is 24.2 Å². The summed E-state index contributed by atoms with van der Waals surface area (Å²) >= 11 is 9.23. The monoisotopic (exact) mass is 407 g/mol. The van der Waals surface area contributed by atoms with Gasteiger partial charge in [0.05, 0.1) is 15.6 Å². The van der Waals surface area contributed by atoms with Crippen molar-refractivity contribution in [1.29, 1.82) is 0 Å². The molecule has 1 atom stereocenters. The molecule has 1 aromatic carbocycles. The average Bonchev–Trinajstić information content (AvgIpc) is 2.87. The molecule has 106 valence electrons. The second kappa shape index (κ2) is 7.91. The molecule has 0 aromatic heterocycles. The quantitative estimate of drug-likeness (QED) is 0.743. The van der Waals surface area contributed by atoms with Crippen molar-refractivity contribution in [3.63, 3.8) is 0 Å². The third-order valence-corrected chi connectivity index (χ3v) is 5.65. The highest BCUT2D eigenvalue weighted by Gasteiger charge is 2.15. The van der Waals surface area contributed by atoms with Crippen molar-refractivity contribution < 1.29 is 4.74 Å². The Morgan fingerprint density at radius 2 is 2.11 bits per heavy atom. The van der Waals surface area contributed by atoms with E-state index in [9.17, 15) is 0 Å². The number of hydrogen-bond donors (Lipinski definition) is 1. The summed E-state index contributed by atoms with van der Waals surface area (Å²) in [5.41, 5.74) is 1.27. The van der Waals surface area contributed by atoms with Crippen molar-refractivity contribution >= 4 is 43.6 Å². The van der Waals surface area contributed by atoms with Gasteiger partial charge in [-0.15, -0.1) is 0 Å². The molecule has 2 rings (SSSR count). The number of nitrogens with one attached hydrogen (secondary N) is 1. The SMILES string of the molecule is CCOc1c(Br)cc(CNCC2CCCS2)cc1Br. The van der Waals surface area contributed by atoms with E-state index in [0.717, 1.165) is 33.0 Å². The van der Waals surface area contributed by atoms with Crippen LogP contribution in [0.1, 0.15) is 25.3 Å². The molecule has 1 fully saturated rings. The summed E-state index contributed by atoms with van der Waals surface area (Å²) in [7, 11) is 0. The van der Waals surface area contributed by atoms with Crippen molar-refractivity contribution in [3.05, 3.63) is 26.6 Å². The van der Waals surface area contributed by atoms with E-state index in [-0.39, 0.29) is 0 Å². The fourth-order valence-electron chi connectivity index (χ4n) is 2.18. The fourth-order valence-corrected chi connectivity index (χ4v) is 4.93. The van der Waals surface area contributed by atoms with E-state index in [4.69, 9.17) is 4.74 Å². The van der Waals surface area contributed by atoms with Crippen LogP contribution in [0, 0.1) is 0 Å². The summed E-state index contributed by atoms with van der Waals surface area (Å²) in [6, 6.07) is 4.26. The van der Waals surface area contributed by atoms with Gasteiger partial charge in [0.25, 0.3) is 0 Å². The molecule has 2 nitrogen and oxygen atoms in total. The summed E-state index contributed by atoms with van der Waals surface area (Å²) < 4.78 is 7.61. The molecule has 1 heterocycles. The Labute approximate surface area is 136 Å². The first kappa shape index (κ1) is 15.7. The lowest BCUT2D eigenvalue weighted by molar-refractivity contribution is 0.336. The zero-order chi connectivity index (χ0) is 13.7. The molecule has 1 unspecified atom stereocenters. The molecular formula is C14H19Br2NOS. The summed E-state index contributed by atoms with van der Waals surface area (Å²) in [5.74, 6) is 2.21. The van der Waals surface area contributed by atoms with Gasteiger partial charge in [0, 0.05) is 18.3 Å². The van der Waals surface area contributed by atoms with Gasteiger partial charge in [-0.1, -0.05) is 0 Å². The Kier molecular flexibility index (Phi) is 6.53. The second-order valence-electron chi connectivity index (χ2n) is 4.59. The smallest absolute Gasteiger partial charge is 0.147 e. The molecule has 0 amide bonds. The molecule has 1 aliphatic heterocycles. The van der Waals surface area contributed by atoms with Crippen molar-refractivity contribution in [1.82, 2.24) is 5.32 Å². The Hall–Kier alpha value is 0.290. The van der Waals surface area contributed by atoms with E-state index in [0.29, 0.717) is 6.61 Å². The predicted octanol–water partition coefficient (Wildman–Crippen LogP) is 4.60. The van der Waals surface area contributed by atoms with E-state index in [2.05, 4.69) is 61.1 Å². The van der Waals surface area contributed by atoms with E-state index < -0.39 is 0 Å². The minimum Gasteiger partial charge on any atom is -0.492 e. The maximum atomic E-state index is 5.59. The Morgan fingerprint density at radius 3 is 2.68 bits per heavy atom. The highest BCUT2D eigenvalue weighted by Crippen LogP contribution is 2.34. The van der Waals surface area contributed by atoms with Crippen LogP contribution < -0.4 is 10.1 Å². The van der Waals surface area contributed by atoms with Gasteiger partial charge in [-0.3, -0.25) is 0 Å². The molecule has 0 radical (unpaired) electrons. The second-order valence-corrected chi connectivity index (χ2v) is 7.70. The van der Waals surface area contributed by atoms with Gasteiger partial charge >= 0.3 is 0 Å². The third kappa shape index (κ3) is 4.66. The standard InChI is InChI=1S/C14H19Br2NOS/c1-2-18-14-12(15)6-10(7-13(14)16)8-17-9-11-4-3-5-19-11/h6-7,11,17H,2-5,8-9H2,1H3. The Balaban J connectivity index is 1.89. The third-order valence-electron chi connectivity index (χ3n) is 3.07. The zero-order valence-corrected chi connectivity index (χ0v) is 15.0. The molecule has 19 heavy (non-hydrogen) atoms. The first-order valence-electron chi connectivity index (χ1n) is 6.63. The van der Waals surface area contributed by atoms with Crippen molar-refractivity contribution in [2.24, 2.45) is 0 Å². The van der Waals surface area contributed by atoms with E-state index in [1.54, 1.807) is 0 Å². The summed E-state index contributed by atoms with van der Waals surface area (Å²) in [6.45, 7) is 4.68. The van der Waals surface area contributed by atoms with Crippen LogP contribution in [0.25, 0.3) is 0 Å². The van der Waals surface area contributed by atoms with Crippen molar-refractivity contribution in [2.75, 3.05) is 18.9 Å². The van der Waals surface area contributed by atoms with Crippen LogP contribution in [0.4, 0.5) is 0 Å². The molecule has 1 saturated heterocycles. The maximum absolute atomic E-state index is 5.59. The topological polar surface area (TPSA) is 21.3 Å². The lowest BCUT2D eigenvalue weighted by Crippen LogP contribution is -2.22. The Bertz CT molecular complexity index is 399. The highest BCUT2D eigenvalue weighted by molar-refractivity contribution is 9.11. The maximum Gasteiger partial charge on any atom is 0.147 e. The lowest BCUT2D eigenvalue weighted by atomic mass is 10.2. The lowest BCUT2D eigenvalue weighted by Gasteiger charge is -2.13. The number of benzene rings is 1. The first-order chi connectivity index (χ1) is 9.20. The van der Waals surface area contributed by atoms with Gasteiger partial charge in [0.1, 0.15) is 5.75 Å². The number of rotatable bonds is 6. The van der Waals surface area contributed by atoms with Crippen molar-refractivity contribution in [2.45, 2.75) is 31.6 Å². The number of halogens is 2. The van der Waals surface area contributed by atoms with Gasteiger partial charge in [-0.05, 0) is 75.1 Å². The highest BCUT2D eigenvalue weighted by atomic mass is 79.9.